The van der Waals surface area contributed by atoms with E-state index in [1.54, 1.807) is 0 Å². The number of hydrogen-bond donors (Lipinski definition) is 1. The van der Waals surface area contributed by atoms with Gasteiger partial charge in [-0.2, -0.15) is 0 Å². The molecule has 0 bridgehead atoms. The predicted molar refractivity (Wildman–Crippen MR) is 71.2 cm³/mol. The summed E-state index contributed by atoms with van der Waals surface area (Å²) in [7, 11) is 0. The van der Waals surface area contributed by atoms with Gasteiger partial charge in [-0.25, -0.2) is 0 Å². The van der Waals surface area contributed by atoms with Crippen LogP contribution in [0.4, 0.5) is 0 Å². The molecule has 2 unspecified atom stereocenters. The van der Waals surface area contributed by atoms with Gasteiger partial charge in [0, 0.05) is 18.5 Å². The van der Waals surface area contributed by atoms with E-state index >= 15 is 0 Å². The molecule has 17 heavy (non-hydrogen) atoms. The summed E-state index contributed by atoms with van der Waals surface area (Å²) in [5.41, 5.74) is 0.403. The maximum Gasteiger partial charge on any atom is 0.225 e. The number of amides is 1. The highest BCUT2D eigenvalue weighted by Crippen LogP contribution is 2.48. The Labute approximate surface area is 112 Å². The van der Waals surface area contributed by atoms with Crippen LogP contribution in [0.5, 0.6) is 0 Å². The van der Waals surface area contributed by atoms with Crippen molar-refractivity contribution in [1.82, 2.24) is 5.32 Å². The Morgan fingerprint density at radius 1 is 1.53 bits per heavy atom. The van der Waals surface area contributed by atoms with Crippen molar-refractivity contribution in [2.45, 2.75) is 45.1 Å². The fourth-order valence-corrected chi connectivity index (χ4v) is 3.49. The highest BCUT2D eigenvalue weighted by Gasteiger charge is 2.42. The molecule has 2 atom stereocenters. The van der Waals surface area contributed by atoms with E-state index in [0.29, 0.717) is 5.41 Å². The molecule has 1 aliphatic carbocycles. The highest BCUT2D eigenvalue weighted by atomic mass is 79.9. The minimum Gasteiger partial charge on any atom is -0.377 e. The van der Waals surface area contributed by atoms with Gasteiger partial charge in [-0.1, -0.05) is 22.9 Å². The van der Waals surface area contributed by atoms with Crippen molar-refractivity contribution in [2.75, 3.05) is 18.5 Å². The molecule has 1 saturated heterocycles. The van der Waals surface area contributed by atoms with Gasteiger partial charge in [-0.15, -0.1) is 0 Å². The lowest BCUT2D eigenvalue weighted by molar-refractivity contribution is -0.127. The molecule has 2 rings (SSSR count). The Kier molecular flexibility index (Phi) is 4.47. The molecule has 0 aromatic rings. The standard InChI is InChI=1S/C13H22BrNO2/c1-2-11-10(3-8-17-11)12(16)15-9-13(4-5-13)6-7-14/h10-11H,2-9H2,1H3,(H,15,16). The van der Waals surface area contributed by atoms with Crippen LogP contribution in [0.2, 0.25) is 0 Å². The molecule has 4 heteroatoms. The van der Waals surface area contributed by atoms with Gasteiger partial charge in [0.05, 0.1) is 12.0 Å². The third kappa shape index (κ3) is 3.22. The van der Waals surface area contributed by atoms with Crippen molar-refractivity contribution < 1.29 is 9.53 Å². The van der Waals surface area contributed by atoms with E-state index in [0.717, 1.165) is 31.3 Å². The summed E-state index contributed by atoms with van der Waals surface area (Å²) >= 11 is 3.49. The van der Waals surface area contributed by atoms with Crippen LogP contribution in [0, 0.1) is 11.3 Å². The van der Waals surface area contributed by atoms with E-state index in [1.165, 1.54) is 19.3 Å². The molecular weight excluding hydrogens is 282 g/mol. The SMILES string of the molecule is CCC1OCCC1C(=O)NCC1(CCBr)CC1. The van der Waals surface area contributed by atoms with Gasteiger partial charge < -0.3 is 10.1 Å². The second-order valence-electron chi connectivity index (χ2n) is 5.37. The van der Waals surface area contributed by atoms with E-state index in [1.807, 2.05) is 0 Å². The predicted octanol–water partition coefficient (Wildman–Crippen LogP) is 2.48. The zero-order chi connectivity index (χ0) is 12.3. The van der Waals surface area contributed by atoms with Crippen molar-refractivity contribution >= 4 is 21.8 Å². The summed E-state index contributed by atoms with van der Waals surface area (Å²) in [4.78, 5) is 12.1. The third-order valence-electron chi connectivity index (χ3n) is 4.17. The maximum absolute atomic E-state index is 12.1. The van der Waals surface area contributed by atoms with Crippen LogP contribution >= 0.6 is 15.9 Å². The molecule has 1 N–H and O–H groups in total. The van der Waals surface area contributed by atoms with E-state index in [9.17, 15) is 4.79 Å². The average Bonchev–Trinajstić information content (AvgIpc) is 2.93. The Morgan fingerprint density at radius 2 is 2.29 bits per heavy atom. The Bertz CT molecular complexity index is 279. The van der Waals surface area contributed by atoms with Gasteiger partial charge in [-0.3, -0.25) is 4.79 Å². The van der Waals surface area contributed by atoms with Gasteiger partial charge >= 0.3 is 0 Å². The van der Waals surface area contributed by atoms with Gasteiger partial charge in [0.2, 0.25) is 5.91 Å². The molecule has 1 aliphatic heterocycles. The van der Waals surface area contributed by atoms with Gasteiger partial charge in [0.25, 0.3) is 0 Å². The van der Waals surface area contributed by atoms with E-state index in [-0.39, 0.29) is 17.9 Å². The Morgan fingerprint density at radius 3 is 2.88 bits per heavy atom. The third-order valence-corrected chi connectivity index (χ3v) is 4.56. The molecule has 0 radical (unpaired) electrons. The van der Waals surface area contributed by atoms with Crippen LogP contribution in [0.3, 0.4) is 0 Å². The highest BCUT2D eigenvalue weighted by molar-refractivity contribution is 9.09. The van der Waals surface area contributed by atoms with Crippen molar-refractivity contribution in [2.24, 2.45) is 11.3 Å². The lowest BCUT2D eigenvalue weighted by Crippen LogP contribution is -2.38. The van der Waals surface area contributed by atoms with Crippen LogP contribution in [-0.4, -0.2) is 30.5 Å². The molecular formula is C13H22BrNO2. The summed E-state index contributed by atoms with van der Waals surface area (Å²) in [6.45, 7) is 3.68. The number of hydrogen-bond acceptors (Lipinski definition) is 2. The first kappa shape index (κ1) is 13.3. The molecule has 0 aromatic heterocycles. The molecule has 0 spiro atoms. The molecule has 3 nitrogen and oxygen atoms in total. The van der Waals surface area contributed by atoms with Gasteiger partial charge in [0.1, 0.15) is 0 Å². The van der Waals surface area contributed by atoms with Crippen molar-refractivity contribution in [3.05, 3.63) is 0 Å². The molecule has 2 fully saturated rings. The Hall–Kier alpha value is -0.0900. The van der Waals surface area contributed by atoms with Crippen LogP contribution in [0.15, 0.2) is 0 Å². The zero-order valence-corrected chi connectivity index (χ0v) is 12.1. The minimum atomic E-state index is 0.0831. The smallest absolute Gasteiger partial charge is 0.225 e. The monoisotopic (exact) mass is 303 g/mol. The lowest BCUT2D eigenvalue weighted by atomic mass is 9.97. The van der Waals surface area contributed by atoms with Gasteiger partial charge in [0.15, 0.2) is 0 Å². The maximum atomic E-state index is 12.1. The van der Waals surface area contributed by atoms with E-state index < -0.39 is 0 Å². The van der Waals surface area contributed by atoms with Crippen LogP contribution in [0.25, 0.3) is 0 Å². The first-order chi connectivity index (χ1) is 8.21. The summed E-state index contributed by atoms with van der Waals surface area (Å²) in [6.07, 6.45) is 5.65. The summed E-state index contributed by atoms with van der Waals surface area (Å²) < 4.78 is 5.56. The van der Waals surface area contributed by atoms with E-state index in [4.69, 9.17) is 4.74 Å². The molecule has 0 aromatic carbocycles. The summed E-state index contributed by atoms with van der Waals surface area (Å²) in [6, 6.07) is 0. The quantitative estimate of drug-likeness (QED) is 0.766. The fraction of sp³-hybridized carbons (Fsp3) is 0.923. The van der Waals surface area contributed by atoms with Gasteiger partial charge in [-0.05, 0) is 37.5 Å². The molecule has 2 aliphatic rings. The van der Waals surface area contributed by atoms with E-state index in [2.05, 4.69) is 28.2 Å². The average molecular weight is 304 g/mol. The van der Waals surface area contributed by atoms with Crippen molar-refractivity contribution in [3.63, 3.8) is 0 Å². The number of alkyl halides is 1. The summed E-state index contributed by atoms with van der Waals surface area (Å²) in [5, 5.41) is 4.17. The Balaban J connectivity index is 1.77. The van der Waals surface area contributed by atoms with Crippen molar-refractivity contribution in [3.8, 4) is 0 Å². The molecule has 1 amide bonds. The number of rotatable bonds is 6. The van der Waals surface area contributed by atoms with Crippen LogP contribution in [-0.2, 0) is 9.53 Å². The number of halogens is 1. The molecule has 1 heterocycles. The minimum absolute atomic E-state index is 0.0831. The number of carbonyl (C=O) groups excluding carboxylic acids is 1. The van der Waals surface area contributed by atoms with Crippen LogP contribution < -0.4 is 5.32 Å². The topological polar surface area (TPSA) is 38.3 Å². The second kappa shape index (κ2) is 5.70. The summed E-state index contributed by atoms with van der Waals surface area (Å²) in [5.74, 6) is 0.287. The second-order valence-corrected chi connectivity index (χ2v) is 6.16. The number of carbonyl (C=O) groups is 1. The largest absolute Gasteiger partial charge is 0.377 e. The molecule has 1 saturated carbocycles. The van der Waals surface area contributed by atoms with Crippen LogP contribution in [0.1, 0.15) is 39.0 Å². The first-order valence-electron chi connectivity index (χ1n) is 6.66. The zero-order valence-electron chi connectivity index (χ0n) is 10.5. The fourth-order valence-electron chi connectivity index (χ4n) is 2.65. The van der Waals surface area contributed by atoms with Crippen molar-refractivity contribution in [1.29, 1.82) is 0 Å². The number of nitrogens with one attached hydrogen (secondary N) is 1. The number of ether oxygens (including phenoxy) is 1. The normalized spacial score (nSPS) is 30.2. The lowest BCUT2D eigenvalue weighted by Gasteiger charge is -2.19. The first-order valence-corrected chi connectivity index (χ1v) is 7.78. The molecule has 98 valence electrons.